The standard InChI is InChI=1S/C15H22N4O2/c1-3-7-17-13-5-8-18-14(12-13)15(20)19(9-4-6-16)10-11-21-2/h5,8,12H,3-4,7,9-11H2,1-2H3,(H,17,18). The number of nitrogens with one attached hydrogen (secondary N) is 1. The summed E-state index contributed by atoms with van der Waals surface area (Å²) in [6.07, 6.45) is 2.92. The summed E-state index contributed by atoms with van der Waals surface area (Å²) < 4.78 is 5.01. The molecule has 0 saturated heterocycles. The topological polar surface area (TPSA) is 78.3 Å². The van der Waals surface area contributed by atoms with Crippen molar-refractivity contribution in [1.82, 2.24) is 9.88 Å². The van der Waals surface area contributed by atoms with Crippen LogP contribution in [0.1, 0.15) is 30.3 Å². The molecule has 6 nitrogen and oxygen atoms in total. The molecule has 0 spiro atoms. The van der Waals surface area contributed by atoms with Crippen LogP contribution in [0, 0.1) is 11.3 Å². The minimum absolute atomic E-state index is 0.178. The lowest BCUT2D eigenvalue weighted by Gasteiger charge is -2.21. The third-order valence-corrected chi connectivity index (χ3v) is 2.90. The second-order valence-electron chi connectivity index (χ2n) is 4.55. The van der Waals surface area contributed by atoms with Crippen LogP contribution in [0.4, 0.5) is 5.69 Å². The number of nitrogens with zero attached hydrogens (tertiary/aromatic N) is 3. The van der Waals surface area contributed by atoms with Gasteiger partial charge in [0.25, 0.3) is 5.91 Å². The predicted octanol–water partition coefficient (Wildman–Crippen LogP) is 1.91. The number of hydrogen-bond donors (Lipinski definition) is 1. The highest BCUT2D eigenvalue weighted by atomic mass is 16.5. The zero-order chi connectivity index (χ0) is 15.5. The van der Waals surface area contributed by atoms with Gasteiger partial charge >= 0.3 is 0 Å². The molecule has 6 heteroatoms. The molecule has 0 aliphatic rings. The van der Waals surface area contributed by atoms with Gasteiger partial charge < -0.3 is 15.0 Å². The van der Waals surface area contributed by atoms with Gasteiger partial charge in [0.15, 0.2) is 0 Å². The highest BCUT2D eigenvalue weighted by Gasteiger charge is 2.16. The summed E-state index contributed by atoms with van der Waals surface area (Å²) in [6.45, 7) is 4.19. The van der Waals surface area contributed by atoms with Gasteiger partial charge in [-0.3, -0.25) is 9.78 Å². The Kier molecular flexibility index (Phi) is 7.84. The lowest BCUT2D eigenvalue weighted by atomic mass is 10.2. The molecule has 0 unspecified atom stereocenters. The molecule has 1 rings (SSSR count). The van der Waals surface area contributed by atoms with Crippen LogP contribution in [0.15, 0.2) is 18.3 Å². The molecular formula is C15H22N4O2. The first-order valence-corrected chi connectivity index (χ1v) is 7.08. The van der Waals surface area contributed by atoms with Gasteiger partial charge in [-0.2, -0.15) is 5.26 Å². The van der Waals surface area contributed by atoms with E-state index in [1.54, 1.807) is 24.3 Å². The van der Waals surface area contributed by atoms with Crippen LogP contribution in [0.3, 0.4) is 0 Å². The smallest absolute Gasteiger partial charge is 0.272 e. The molecule has 1 N–H and O–H groups in total. The van der Waals surface area contributed by atoms with Crippen LogP contribution < -0.4 is 5.32 Å². The molecule has 21 heavy (non-hydrogen) atoms. The summed E-state index contributed by atoms with van der Waals surface area (Å²) in [5, 5.41) is 11.9. The number of carbonyl (C=O) groups excluding carboxylic acids is 1. The second kappa shape index (κ2) is 9.72. The molecule has 114 valence electrons. The Balaban J connectivity index is 2.79. The molecule has 0 fully saturated rings. The van der Waals surface area contributed by atoms with Gasteiger partial charge in [-0.25, -0.2) is 0 Å². The van der Waals surface area contributed by atoms with E-state index in [2.05, 4.69) is 23.3 Å². The third-order valence-electron chi connectivity index (χ3n) is 2.90. The predicted molar refractivity (Wildman–Crippen MR) is 81.0 cm³/mol. The first kappa shape index (κ1) is 16.9. The Bertz CT molecular complexity index is 485. The maximum Gasteiger partial charge on any atom is 0.272 e. The van der Waals surface area contributed by atoms with Gasteiger partial charge in [-0.1, -0.05) is 6.92 Å². The summed E-state index contributed by atoms with van der Waals surface area (Å²) in [6, 6.07) is 5.63. The molecule has 1 amide bonds. The molecule has 1 heterocycles. The quantitative estimate of drug-likeness (QED) is 0.751. The largest absolute Gasteiger partial charge is 0.385 e. The molecule has 0 saturated carbocycles. The van der Waals surface area contributed by atoms with Gasteiger partial charge in [0.2, 0.25) is 0 Å². The van der Waals surface area contributed by atoms with Crippen LogP contribution in [-0.4, -0.2) is 49.1 Å². The fraction of sp³-hybridized carbons (Fsp3) is 0.533. The van der Waals surface area contributed by atoms with E-state index >= 15 is 0 Å². The Morgan fingerprint density at radius 2 is 2.33 bits per heavy atom. The number of methoxy groups -OCH3 is 1. The highest BCUT2D eigenvalue weighted by Crippen LogP contribution is 2.10. The van der Waals surface area contributed by atoms with E-state index in [1.165, 1.54) is 0 Å². The van der Waals surface area contributed by atoms with Crippen LogP contribution in [-0.2, 0) is 4.74 Å². The minimum atomic E-state index is -0.178. The minimum Gasteiger partial charge on any atom is -0.385 e. The Morgan fingerprint density at radius 1 is 1.52 bits per heavy atom. The molecule has 0 aliphatic carbocycles. The monoisotopic (exact) mass is 290 g/mol. The van der Waals surface area contributed by atoms with Crippen LogP contribution in [0.5, 0.6) is 0 Å². The average Bonchev–Trinajstić information content (AvgIpc) is 2.53. The summed E-state index contributed by atoms with van der Waals surface area (Å²) in [5.74, 6) is -0.178. The molecule has 1 aromatic rings. The Hall–Kier alpha value is -2.13. The lowest BCUT2D eigenvalue weighted by molar-refractivity contribution is 0.0694. The van der Waals surface area contributed by atoms with Gasteiger partial charge in [-0.15, -0.1) is 0 Å². The normalized spacial score (nSPS) is 9.95. The van der Waals surface area contributed by atoms with E-state index in [4.69, 9.17) is 10.00 Å². The molecule has 0 radical (unpaired) electrons. The van der Waals surface area contributed by atoms with Crippen molar-refractivity contribution in [2.75, 3.05) is 38.7 Å². The van der Waals surface area contributed by atoms with Crippen molar-refractivity contribution in [3.05, 3.63) is 24.0 Å². The first-order chi connectivity index (χ1) is 10.2. The van der Waals surface area contributed by atoms with Crippen molar-refractivity contribution in [3.63, 3.8) is 0 Å². The number of pyridine rings is 1. The summed E-state index contributed by atoms with van der Waals surface area (Å²) in [5.41, 5.74) is 1.26. The van der Waals surface area contributed by atoms with Crippen molar-refractivity contribution in [2.24, 2.45) is 0 Å². The van der Waals surface area contributed by atoms with E-state index in [0.29, 0.717) is 31.8 Å². The van der Waals surface area contributed by atoms with Crippen molar-refractivity contribution in [1.29, 1.82) is 5.26 Å². The maximum atomic E-state index is 12.5. The fourth-order valence-corrected chi connectivity index (χ4v) is 1.79. The molecule has 0 atom stereocenters. The number of rotatable bonds is 9. The van der Waals surface area contributed by atoms with E-state index in [0.717, 1.165) is 18.7 Å². The van der Waals surface area contributed by atoms with Gasteiger partial charge in [0.05, 0.1) is 19.1 Å². The highest BCUT2D eigenvalue weighted by molar-refractivity contribution is 5.93. The van der Waals surface area contributed by atoms with Crippen LogP contribution >= 0.6 is 0 Å². The molecule has 0 aromatic carbocycles. The number of hydrogen-bond acceptors (Lipinski definition) is 5. The third kappa shape index (κ3) is 5.79. The Morgan fingerprint density at radius 3 is 3.00 bits per heavy atom. The molecule has 1 aromatic heterocycles. The maximum absolute atomic E-state index is 12.5. The van der Waals surface area contributed by atoms with Crippen LogP contribution in [0.2, 0.25) is 0 Å². The van der Waals surface area contributed by atoms with Crippen molar-refractivity contribution >= 4 is 11.6 Å². The van der Waals surface area contributed by atoms with Crippen molar-refractivity contribution in [3.8, 4) is 6.07 Å². The number of amides is 1. The van der Waals surface area contributed by atoms with E-state index in [9.17, 15) is 4.79 Å². The van der Waals surface area contributed by atoms with Gasteiger partial charge in [0.1, 0.15) is 5.69 Å². The fourth-order valence-electron chi connectivity index (χ4n) is 1.79. The average molecular weight is 290 g/mol. The van der Waals surface area contributed by atoms with Crippen LogP contribution in [0.25, 0.3) is 0 Å². The lowest BCUT2D eigenvalue weighted by Crippen LogP contribution is -2.35. The number of nitriles is 1. The SMILES string of the molecule is CCCNc1ccnc(C(=O)N(CCC#N)CCOC)c1. The zero-order valence-electron chi connectivity index (χ0n) is 12.6. The summed E-state index contributed by atoms with van der Waals surface area (Å²) in [7, 11) is 1.58. The van der Waals surface area contributed by atoms with Gasteiger partial charge in [0, 0.05) is 38.6 Å². The zero-order valence-corrected chi connectivity index (χ0v) is 12.6. The van der Waals surface area contributed by atoms with E-state index in [1.807, 2.05) is 6.07 Å². The molecular weight excluding hydrogens is 268 g/mol. The van der Waals surface area contributed by atoms with E-state index in [-0.39, 0.29) is 5.91 Å². The first-order valence-electron chi connectivity index (χ1n) is 7.08. The Labute approximate surface area is 125 Å². The second-order valence-corrected chi connectivity index (χ2v) is 4.55. The van der Waals surface area contributed by atoms with Gasteiger partial charge in [-0.05, 0) is 18.6 Å². The molecule has 0 aliphatic heterocycles. The van der Waals surface area contributed by atoms with Crippen molar-refractivity contribution < 1.29 is 9.53 Å². The van der Waals surface area contributed by atoms with E-state index < -0.39 is 0 Å². The summed E-state index contributed by atoms with van der Waals surface area (Å²) >= 11 is 0. The summed E-state index contributed by atoms with van der Waals surface area (Å²) in [4.78, 5) is 18.2. The molecule has 0 bridgehead atoms. The number of anilines is 1. The van der Waals surface area contributed by atoms with Crippen molar-refractivity contribution in [2.45, 2.75) is 19.8 Å². The number of ether oxygens (including phenoxy) is 1. The number of aromatic nitrogens is 1. The number of carbonyl (C=O) groups is 1.